The summed E-state index contributed by atoms with van der Waals surface area (Å²) in [6.45, 7) is 7.15. The van der Waals surface area contributed by atoms with Crippen LogP contribution in [0.2, 0.25) is 0 Å². The fourth-order valence-electron chi connectivity index (χ4n) is 3.11. The Morgan fingerprint density at radius 3 is 2.58 bits per heavy atom. The summed E-state index contributed by atoms with van der Waals surface area (Å²) in [5.74, 6) is 1.40. The van der Waals surface area contributed by atoms with Gasteiger partial charge in [0.1, 0.15) is 5.75 Å². The molecular formula is C20H32N4O2. The van der Waals surface area contributed by atoms with Crippen molar-refractivity contribution in [3.63, 3.8) is 0 Å². The Morgan fingerprint density at radius 2 is 1.96 bits per heavy atom. The Kier molecular flexibility index (Phi) is 7.75. The lowest BCUT2D eigenvalue weighted by molar-refractivity contribution is 0.0954. The molecule has 1 saturated carbocycles. The molecule has 1 aliphatic rings. The minimum Gasteiger partial charge on any atom is -0.497 e. The number of guanidine groups is 1. The molecule has 3 N–H and O–H groups in total. The molecule has 1 aromatic carbocycles. The van der Waals surface area contributed by atoms with Gasteiger partial charge in [-0.25, -0.2) is 0 Å². The molecule has 0 heterocycles. The average Bonchev–Trinajstić information content (AvgIpc) is 2.64. The Bertz CT molecular complexity index is 606. The molecular weight excluding hydrogens is 328 g/mol. The fraction of sp³-hybridized carbons (Fsp3) is 0.600. The van der Waals surface area contributed by atoms with E-state index in [0.29, 0.717) is 29.8 Å². The Hall–Kier alpha value is -2.24. The summed E-state index contributed by atoms with van der Waals surface area (Å²) in [5.41, 5.74) is 1.00. The summed E-state index contributed by atoms with van der Waals surface area (Å²) < 4.78 is 5.15. The van der Waals surface area contributed by atoms with Crippen molar-refractivity contribution >= 4 is 11.9 Å². The molecule has 0 radical (unpaired) electrons. The van der Waals surface area contributed by atoms with Crippen LogP contribution in [0, 0.1) is 5.41 Å². The van der Waals surface area contributed by atoms with Crippen LogP contribution in [0.4, 0.5) is 0 Å². The molecule has 2 rings (SSSR count). The molecule has 1 aliphatic carbocycles. The first-order valence-corrected chi connectivity index (χ1v) is 9.57. The average molecular weight is 361 g/mol. The highest BCUT2D eigenvalue weighted by molar-refractivity contribution is 5.94. The topological polar surface area (TPSA) is 74.8 Å². The standard InChI is InChI=1S/C20H32N4O2/c1-4-20(10-7-11-20)15-24-19(21-5-2)23-13-12-22-18(25)16-8-6-9-17(14-16)26-3/h6,8-9,14H,4-5,7,10-13,15H2,1-3H3,(H,22,25)(H2,21,23,24). The fourth-order valence-corrected chi connectivity index (χ4v) is 3.11. The first kappa shape index (κ1) is 20.1. The van der Waals surface area contributed by atoms with Crippen molar-refractivity contribution in [3.05, 3.63) is 29.8 Å². The molecule has 0 atom stereocenters. The van der Waals surface area contributed by atoms with Crippen molar-refractivity contribution in [2.24, 2.45) is 10.4 Å². The largest absolute Gasteiger partial charge is 0.497 e. The van der Waals surface area contributed by atoms with E-state index in [1.807, 2.05) is 12.1 Å². The number of nitrogens with zero attached hydrogens (tertiary/aromatic N) is 1. The summed E-state index contributed by atoms with van der Waals surface area (Å²) in [6.07, 6.45) is 5.07. The molecule has 26 heavy (non-hydrogen) atoms. The quantitative estimate of drug-likeness (QED) is 0.359. The van der Waals surface area contributed by atoms with Crippen molar-refractivity contribution in [1.29, 1.82) is 0 Å². The van der Waals surface area contributed by atoms with Crippen LogP contribution in [0.15, 0.2) is 29.3 Å². The van der Waals surface area contributed by atoms with Crippen molar-refractivity contribution in [3.8, 4) is 5.75 Å². The molecule has 0 unspecified atom stereocenters. The number of aliphatic imine (C=N–C) groups is 1. The first-order chi connectivity index (χ1) is 12.6. The van der Waals surface area contributed by atoms with Crippen LogP contribution >= 0.6 is 0 Å². The number of carbonyl (C=O) groups excluding carboxylic acids is 1. The molecule has 0 aliphatic heterocycles. The highest BCUT2D eigenvalue weighted by Crippen LogP contribution is 2.43. The maximum atomic E-state index is 12.2. The van der Waals surface area contributed by atoms with Gasteiger partial charge in [0.25, 0.3) is 5.91 Å². The van der Waals surface area contributed by atoms with Crippen molar-refractivity contribution < 1.29 is 9.53 Å². The Balaban J connectivity index is 1.77. The molecule has 6 heteroatoms. The number of ether oxygens (including phenoxy) is 1. The molecule has 1 fully saturated rings. The van der Waals surface area contributed by atoms with E-state index in [1.54, 1.807) is 19.2 Å². The monoisotopic (exact) mass is 360 g/mol. The van der Waals surface area contributed by atoms with Gasteiger partial charge in [-0.3, -0.25) is 9.79 Å². The minimum atomic E-state index is -0.105. The lowest BCUT2D eigenvalue weighted by Gasteiger charge is -2.40. The summed E-state index contributed by atoms with van der Waals surface area (Å²) in [7, 11) is 1.59. The number of nitrogens with one attached hydrogen (secondary N) is 3. The summed E-state index contributed by atoms with van der Waals surface area (Å²) in [4.78, 5) is 16.9. The number of methoxy groups -OCH3 is 1. The maximum Gasteiger partial charge on any atom is 0.251 e. The van der Waals surface area contributed by atoms with Crippen LogP contribution in [0.3, 0.4) is 0 Å². The zero-order valence-corrected chi connectivity index (χ0v) is 16.2. The van der Waals surface area contributed by atoms with Crippen LogP contribution in [0.5, 0.6) is 5.75 Å². The molecule has 0 saturated heterocycles. The SMILES string of the molecule is CCNC(=NCC1(CC)CCC1)NCCNC(=O)c1cccc(OC)c1. The van der Waals surface area contributed by atoms with Gasteiger partial charge in [-0.15, -0.1) is 0 Å². The Labute approximate surface area is 156 Å². The van der Waals surface area contributed by atoms with E-state index < -0.39 is 0 Å². The second kappa shape index (κ2) is 10.0. The summed E-state index contributed by atoms with van der Waals surface area (Å²) in [5, 5.41) is 9.48. The van der Waals surface area contributed by atoms with Gasteiger partial charge in [0.05, 0.1) is 7.11 Å². The predicted octanol–water partition coefficient (Wildman–Crippen LogP) is 2.56. The molecule has 0 bridgehead atoms. The number of carbonyl (C=O) groups is 1. The van der Waals surface area contributed by atoms with Gasteiger partial charge < -0.3 is 20.7 Å². The van der Waals surface area contributed by atoms with E-state index in [0.717, 1.165) is 19.0 Å². The van der Waals surface area contributed by atoms with Gasteiger partial charge in [0.2, 0.25) is 0 Å². The lowest BCUT2D eigenvalue weighted by atomic mass is 9.67. The number of hydrogen-bond donors (Lipinski definition) is 3. The van der Waals surface area contributed by atoms with E-state index >= 15 is 0 Å². The number of rotatable bonds is 9. The molecule has 1 aromatic rings. The van der Waals surface area contributed by atoms with Gasteiger partial charge in [-0.05, 0) is 49.8 Å². The Morgan fingerprint density at radius 1 is 1.19 bits per heavy atom. The van der Waals surface area contributed by atoms with Crippen molar-refractivity contribution in [2.75, 3.05) is 33.3 Å². The van der Waals surface area contributed by atoms with Gasteiger partial charge >= 0.3 is 0 Å². The van der Waals surface area contributed by atoms with Gasteiger partial charge in [-0.1, -0.05) is 19.4 Å². The van der Waals surface area contributed by atoms with Gasteiger partial charge in [-0.2, -0.15) is 0 Å². The van der Waals surface area contributed by atoms with Crippen LogP contribution in [0.25, 0.3) is 0 Å². The maximum absolute atomic E-state index is 12.2. The highest BCUT2D eigenvalue weighted by Gasteiger charge is 2.34. The van der Waals surface area contributed by atoms with Crippen molar-refractivity contribution in [2.45, 2.75) is 39.5 Å². The van der Waals surface area contributed by atoms with E-state index in [-0.39, 0.29) is 5.91 Å². The number of hydrogen-bond acceptors (Lipinski definition) is 3. The van der Waals surface area contributed by atoms with Crippen LogP contribution in [0.1, 0.15) is 49.9 Å². The smallest absolute Gasteiger partial charge is 0.251 e. The summed E-state index contributed by atoms with van der Waals surface area (Å²) in [6, 6.07) is 7.14. The summed E-state index contributed by atoms with van der Waals surface area (Å²) >= 11 is 0. The second-order valence-corrected chi connectivity index (χ2v) is 6.82. The zero-order valence-electron chi connectivity index (χ0n) is 16.2. The zero-order chi connectivity index (χ0) is 18.8. The van der Waals surface area contributed by atoms with E-state index in [2.05, 4.69) is 29.8 Å². The third-order valence-electron chi connectivity index (χ3n) is 5.12. The third kappa shape index (κ3) is 5.64. The predicted molar refractivity (Wildman–Crippen MR) is 106 cm³/mol. The normalized spacial score (nSPS) is 15.7. The lowest BCUT2D eigenvalue weighted by Crippen LogP contribution is -2.42. The highest BCUT2D eigenvalue weighted by atomic mass is 16.5. The molecule has 6 nitrogen and oxygen atoms in total. The van der Waals surface area contributed by atoms with E-state index in [9.17, 15) is 4.79 Å². The molecule has 0 aromatic heterocycles. The van der Waals surface area contributed by atoms with E-state index in [1.165, 1.54) is 25.7 Å². The van der Waals surface area contributed by atoms with Gasteiger partial charge in [0.15, 0.2) is 5.96 Å². The van der Waals surface area contributed by atoms with Crippen molar-refractivity contribution in [1.82, 2.24) is 16.0 Å². The molecule has 144 valence electrons. The number of benzene rings is 1. The van der Waals surface area contributed by atoms with Crippen LogP contribution < -0.4 is 20.7 Å². The van der Waals surface area contributed by atoms with E-state index in [4.69, 9.17) is 9.73 Å². The second-order valence-electron chi connectivity index (χ2n) is 6.82. The minimum absolute atomic E-state index is 0.105. The molecule has 0 spiro atoms. The van der Waals surface area contributed by atoms with Crippen LogP contribution in [-0.4, -0.2) is 45.2 Å². The van der Waals surface area contributed by atoms with Gasteiger partial charge in [0, 0.05) is 31.7 Å². The number of amides is 1. The first-order valence-electron chi connectivity index (χ1n) is 9.57. The molecule has 1 amide bonds. The van der Waals surface area contributed by atoms with Crippen LogP contribution in [-0.2, 0) is 0 Å². The third-order valence-corrected chi connectivity index (χ3v) is 5.12.